The molecule has 108 valence electrons. The zero-order valence-corrected chi connectivity index (χ0v) is 12.8. The second-order valence-corrected chi connectivity index (χ2v) is 5.73. The van der Waals surface area contributed by atoms with E-state index in [4.69, 9.17) is 27.9 Å². The van der Waals surface area contributed by atoms with Crippen LogP contribution in [0.15, 0.2) is 12.1 Å². The van der Waals surface area contributed by atoms with E-state index < -0.39 is 11.5 Å². The monoisotopic (exact) mass is 316 g/mol. The number of methoxy groups -OCH3 is 1. The third kappa shape index (κ3) is 2.37. The van der Waals surface area contributed by atoms with Crippen LogP contribution in [0, 0.1) is 0 Å². The average Bonchev–Trinajstić information content (AvgIpc) is 2.68. The number of carboxylic acids is 1. The largest absolute Gasteiger partial charge is 0.480 e. The lowest BCUT2D eigenvalue weighted by atomic mass is 10.1. The first kappa shape index (κ1) is 15.1. The quantitative estimate of drug-likeness (QED) is 0.939. The fourth-order valence-electron chi connectivity index (χ4n) is 2.07. The van der Waals surface area contributed by atoms with E-state index >= 15 is 0 Å². The number of nitrogens with zero attached hydrogens (tertiary/aromatic N) is 2. The van der Waals surface area contributed by atoms with Gasteiger partial charge < -0.3 is 14.4 Å². The summed E-state index contributed by atoms with van der Waals surface area (Å²) >= 11 is 12.0. The number of hydrogen-bond acceptors (Lipinski definition) is 3. The van der Waals surface area contributed by atoms with Gasteiger partial charge in [0, 0.05) is 7.11 Å². The van der Waals surface area contributed by atoms with Crippen molar-refractivity contribution in [2.24, 2.45) is 0 Å². The first-order chi connectivity index (χ1) is 9.28. The SMILES string of the molecule is COCc1nc2cc(Cl)c(Cl)cc2n1C(C)(C)C(=O)O. The molecule has 0 spiro atoms. The normalized spacial score (nSPS) is 12.1. The molecule has 0 saturated carbocycles. The van der Waals surface area contributed by atoms with Crippen LogP contribution in [0.1, 0.15) is 19.7 Å². The van der Waals surface area contributed by atoms with Crippen molar-refractivity contribution in [3.05, 3.63) is 28.0 Å². The van der Waals surface area contributed by atoms with Crippen LogP contribution in [0.4, 0.5) is 0 Å². The Bertz CT molecular complexity index is 680. The Hall–Kier alpha value is -1.30. The lowest BCUT2D eigenvalue weighted by Crippen LogP contribution is -2.36. The lowest BCUT2D eigenvalue weighted by molar-refractivity contribution is -0.145. The maximum atomic E-state index is 11.5. The summed E-state index contributed by atoms with van der Waals surface area (Å²) in [6.07, 6.45) is 0. The van der Waals surface area contributed by atoms with E-state index in [-0.39, 0.29) is 6.61 Å². The van der Waals surface area contributed by atoms with Crippen LogP contribution in [0.5, 0.6) is 0 Å². The molecule has 0 atom stereocenters. The second kappa shape index (κ2) is 5.24. The molecule has 0 bridgehead atoms. The van der Waals surface area contributed by atoms with Crippen molar-refractivity contribution in [1.82, 2.24) is 9.55 Å². The zero-order chi connectivity index (χ0) is 15.1. The van der Waals surface area contributed by atoms with Crippen LogP contribution in [-0.4, -0.2) is 27.7 Å². The summed E-state index contributed by atoms with van der Waals surface area (Å²) in [7, 11) is 1.53. The molecular weight excluding hydrogens is 303 g/mol. The molecule has 2 aromatic rings. The number of aliphatic carboxylic acids is 1. The van der Waals surface area contributed by atoms with E-state index in [9.17, 15) is 9.90 Å². The number of halogens is 2. The topological polar surface area (TPSA) is 64.4 Å². The van der Waals surface area contributed by atoms with E-state index in [1.165, 1.54) is 7.11 Å². The van der Waals surface area contributed by atoms with E-state index in [0.717, 1.165) is 0 Å². The number of carboxylic acid groups (broad SMARTS) is 1. The van der Waals surface area contributed by atoms with Gasteiger partial charge in [-0.25, -0.2) is 9.78 Å². The van der Waals surface area contributed by atoms with E-state index in [0.29, 0.717) is 26.9 Å². The Kier molecular flexibility index (Phi) is 3.95. The number of benzene rings is 1. The zero-order valence-electron chi connectivity index (χ0n) is 11.3. The molecule has 0 radical (unpaired) electrons. The number of fused-ring (bicyclic) bond motifs is 1. The fraction of sp³-hybridized carbons (Fsp3) is 0.385. The summed E-state index contributed by atoms with van der Waals surface area (Å²) in [6.45, 7) is 3.39. The fourth-order valence-corrected chi connectivity index (χ4v) is 2.38. The van der Waals surface area contributed by atoms with Gasteiger partial charge in [0.2, 0.25) is 0 Å². The van der Waals surface area contributed by atoms with E-state index in [2.05, 4.69) is 4.98 Å². The average molecular weight is 317 g/mol. The second-order valence-electron chi connectivity index (χ2n) is 4.92. The minimum absolute atomic E-state index is 0.195. The van der Waals surface area contributed by atoms with Gasteiger partial charge in [-0.1, -0.05) is 23.2 Å². The van der Waals surface area contributed by atoms with Crippen molar-refractivity contribution in [1.29, 1.82) is 0 Å². The van der Waals surface area contributed by atoms with E-state index in [1.54, 1.807) is 30.5 Å². The summed E-state index contributed by atoms with van der Waals surface area (Å²) in [5.41, 5.74) is 0.0133. The molecule has 0 unspecified atom stereocenters. The van der Waals surface area contributed by atoms with Gasteiger partial charge >= 0.3 is 5.97 Å². The van der Waals surface area contributed by atoms with Gasteiger partial charge in [0.1, 0.15) is 18.0 Å². The van der Waals surface area contributed by atoms with Crippen LogP contribution < -0.4 is 0 Å². The summed E-state index contributed by atoms with van der Waals surface area (Å²) in [4.78, 5) is 15.9. The van der Waals surface area contributed by atoms with Crippen molar-refractivity contribution >= 4 is 40.2 Å². The summed E-state index contributed by atoms with van der Waals surface area (Å²) in [5, 5.41) is 10.2. The molecule has 0 saturated heterocycles. The number of carbonyl (C=O) groups is 1. The summed E-state index contributed by atoms with van der Waals surface area (Å²) in [6, 6.07) is 3.24. The Morgan fingerprint density at radius 2 is 2.00 bits per heavy atom. The summed E-state index contributed by atoms with van der Waals surface area (Å²) < 4.78 is 6.70. The molecule has 0 aliphatic carbocycles. The maximum absolute atomic E-state index is 11.5. The molecule has 1 aromatic heterocycles. The Morgan fingerprint density at radius 1 is 1.40 bits per heavy atom. The number of hydrogen-bond donors (Lipinski definition) is 1. The van der Waals surface area contributed by atoms with Crippen LogP contribution in [0.2, 0.25) is 10.0 Å². The standard InChI is InChI=1S/C13H14Cl2N2O3/c1-13(2,12(18)19)17-10-5-8(15)7(14)4-9(10)16-11(17)6-20-3/h4-5H,6H2,1-3H3,(H,18,19). The molecule has 20 heavy (non-hydrogen) atoms. The molecule has 0 aliphatic rings. The Balaban J connectivity index is 2.81. The number of aromatic nitrogens is 2. The van der Waals surface area contributed by atoms with Crippen molar-refractivity contribution in [2.45, 2.75) is 26.0 Å². The minimum Gasteiger partial charge on any atom is -0.480 e. The highest BCUT2D eigenvalue weighted by Crippen LogP contribution is 2.32. The summed E-state index contributed by atoms with van der Waals surface area (Å²) in [5.74, 6) is -0.464. The highest BCUT2D eigenvalue weighted by Gasteiger charge is 2.33. The van der Waals surface area contributed by atoms with Gasteiger partial charge in [0.25, 0.3) is 0 Å². The highest BCUT2D eigenvalue weighted by molar-refractivity contribution is 6.42. The van der Waals surface area contributed by atoms with Gasteiger partial charge in [0.05, 0.1) is 21.1 Å². The van der Waals surface area contributed by atoms with Crippen molar-refractivity contribution in [3.63, 3.8) is 0 Å². The molecule has 0 aliphatic heterocycles. The van der Waals surface area contributed by atoms with Crippen molar-refractivity contribution in [3.8, 4) is 0 Å². The number of imidazole rings is 1. The maximum Gasteiger partial charge on any atom is 0.329 e. The third-order valence-electron chi connectivity index (χ3n) is 3.12. The van der Waals surface area contributed by atoms with Crippen LogP contribution in [0.3, 0.4) is 0 Å². The Labute approximate surface area is 126 Å². The van der Waals surface area contributed by atoms with Gasteiger partial charge in [-0.2, -0.15) is 0 Å². The molecule has 2 rings (SSSR count). The molecular formula is C13H14Cl2N2O3. The lowest BCUT2D eigenvalue weighted by Gasteiger charge is -2.24. The van der Waals surface area contributed by atoms with Crippen LogP contribution in [0.25, 0.3) is 11.0 Å². The molecule has 5 nitrogen and oxygen atoms in total. The first-order valence-electron chi connectivity index (χ1n) is 5.88. The molecule has 1 N–H and O–H groups in total. The first-order valence-corrected chi connectivity index (χ1v) is 6.63. The van der Waals surface area contributed by atoms with Crippen LogP contribution >= 0.6 is 23.2 Å². The molecule has 7 heteroatoms. The van der Waals surface area contributed by atoms with Crippen molar-refractivity contribution in [2.75, 3.05) is 7.11 Å². The van der Waals surface area contributed by atoms with E-state index in [1.807, 2.05) is 0 Å². The van der Waals surface area contributed by atoms with Crippen molar-refractivity contribution < 1.29 is 14.6 Å². The Morgan fingerprint density at radius 3 is 2.55 bits per heavy atom. The molecule has 1 heterocycles. The van der Waals surface area contributed by atoms with Gasteiger partial charge in [-0.3, -0.25) is 0 Å². The molecule has 0 fully saturated rings. The third-order valence-corrected chi connectivity index (χ3v) is 3.84. The van der Waals surface area contributed by atoms with Gasteiger partial charge in [0.15, 0.2) is 0 Å². The smallest absolute Gasteiger partial charge is 0.329 e. The highest BCUT2D eigenvalue weighted by atomic mass is 35.5. The van der Waals surface area contributed by atoms with Gasteiger partial charge in [-0.05, 0) is 26.0 Å². The predicted octanol–water partition coefficient (Wildman–Crippen LogP) is 3.31. The molecule has 0 amide bonds. The number of ether oxygens (including phenoxy) is 1. The number of rotatable bonds is 4. The molecule has 1 aromatic carbocycles. The predicted molar refractivity (Wildman–Crippen MR) is 77.4 cm³/mol. The van der Waals surface area contributed by atoms with Crippen LogP contribution in [-0.2, 0) is 21.7 Å². The minimum atomic E-state index is -1.18. The van der Waals surface area contributed by atoms with Gasteiger partial charge in [-0.15, -0.1) is 0 Å².